The van der Waals surface area contributed by atoms with Crippen LogP contribution in [0.3, 0.4) is 0 Å². The number of carboxylic acids is 1. The lowest BCUT2D eigenvalue weighted by Crippen LogP contribution is -2.31. The van der Waals surface area contributed by atoms with Gasteiger partial charge in [-0.2, -0.15) is 13.2 Å². The molecule has 1 amide bonds. The number of hydrogen-bond acceptors (Lipinski definition) is 4. The van der Waals surface area contributed by atoms with Gasteiger partial charge in [0.25, 0.3) is 5.91 Å². The number of carbonyl (C=O) groups is 2. The predicted molar refractivity (Wildman–Crippen MR) is 101 cm³/mol. The predicted octanol–water partition coefficient (Wildman–Crippen LogP) is 4.75. The van der Waals surface area contributed by atoms with Crippen LogP contribution in [0.1, 0.15) is 39.8 Å². The molecule has 162 valence electrons. The van der Waals surface area contributed by atoms with Gasteiger partial charge in [-0.05, 0) is 36.8 Å². The Morgan fingerprint density at radius 1 is 1.16 bits per heavy atom. The molecule has 6 nitrogen and oxygen atoms in total. The van der Waals surface area contributed by atoms with Crippen molar-refractivity contribution in [2.45, 2.75) is 25.6 Å². The number of hydrogen-bond donors (Lipinski definition) is 2. The summed E-state index contributed by atoms with van der Waals surface area (Å²) in [7, 11) is 0. The van der Waals surface area contributed by atoms with Crippen molar-refractivity contribution >= 4 is 11.9 Å². The van der Waals surface area contributed by atoms with E-state index in [4.69, 9.17) is 9.52 Å². The second kappa shape index (κ2) is 8.58. The van der Waals surface area contributed by atoms with E-state index in [1.807, 2.05) is 0 Å². The Morgan fingerprint density at radius 3 is 2.52 bits per heavy atom. The number of nitrogens with one attached hydrogen (secondary N) is 1. The highest BCUT2D eigenvalue weighted by Gasteiger charge is 2.32. The zero-order valence-electron chi connectivity index (χ0n) is 16.0. The Balaban J connectivity index is 1.90. The lowest BCUT2D eigenvalue weighted by atomic mass is 10.0. The van der Waals surface area contributed by atoms with E-state index in [2.05, 4.69) is 10.3 Å². The van der Waals surface area contributed by atoms with Crippen LogP contribution in [0.15, 0.2) is 52.9 Å². The van der Waals surface area contributed by atoms with E-state index >= 15 is 0 Å². The van der Waals surface area contributed by atoms with Gasteiger partial charge in [-0.3, -0.25) is 9.59 Å². The molecular formula is C21H16F4N2O4. The minimum absolute atomic E-state index is 0.0182. The maximum Gasteiger partial charge on any atom is 0.416 e. The van der Waals surface area contributed by atoms with E-state index in [0.717, 1.165) is 18.2 Å². The minimum atomic E-state index is -4.63. The fourth-order valence-electron chi connectivity index (χ4n) is 2.94. The van der Waals surface area contributed by atoms with E-state index in [1.165, 1.54) is 31.2 Å². The average Bonchev–Trinajstić information content (AvgIpc) is 3.08. The molecule has 31 heavy (non-hydrogen) atoms. The normalized spacial score (nSPS) is 12.4. The van der Waals surface area contributed by atoms with Crippen LogP contribution in [-0.4, -0.2) is 22.0 Å². The van der Waals surface area contributed by atoms with E-state index in [-0.39, 0.29) is 28.5 Å². The second-order valence-corrected chi connectivity index (χ2v) is 6.65. The van der Waals surface area contributed by atoms with Gasteiger partial charge in [0.05, 0.1) is 23.6 Å². The van der Waals surface area contributed by atoms with Crippen molar-refractivity contribution < 1.29 is 36.7 Å². The molecular weight excluding hydrogens is 420 g/mol. The Kier molecular flexibility index (Phi) is 6.09. The molecule has 0 aliphatic heterocycles. The van der Waals surface area contributed by atoms with E-state index < -0.39 is 41.9 Å². The second-order valence-electron chi connectivity index (χ2n) is 6.65. The summed E-state index contributed by atoms with van der Waals surface area (Å²) in [6.45, 7) is 1.41. The molecule has 2 N–H and O–H groups in total. The number of rotatable bonds is 6. The number of oxazole rings is 1. The summed E-state index contributed by atoms with van der Waals surface area (Å²) in [4.78, 5) is 27.9. The molecule has 0 aliphatic rings. The van der Waals surface area contributed by atoms with Gasteiger partial charge in [0, 0.05) is 0 Å². The SMILES string of the molecule is Cc1oc(-c2ccccc2F)nc1C(=O)N[C@@H](CC(=O)O)c1cccc(C(F)(F)F)c1. The molecule has 0 radical (unpaired) electrons. The van der Waals surface area contributed by atoms with Crippen molar-refractivity contribution in [1.82, 2.24) is 10.3 Å². The molecule has 1 atom stereocenters. The third-order valence-corrected chi connectivity index (χ3v) is 4.42. The molecule has 0 aliphatic carbocycles. The lowest BCUT2D eigenvalue weighted by Gasteiger charge is -2.18. The smallest absolute Gasteiger partial charge is 0.416 e. The fraction of sp³-hybridized carbons (Fsp3) is 0.190. The van der Waals surface area contributed by atoms with Crippen molar-refractivity contribution in [2.24, 2.45) is 0 Å². The minimum Gasteiger partial charge on any atom is -0.481 e. The van der Waals surface area contributed by atoms with Crippen LogP contribution in [0.5, 0.6) is 0 Å². The van der Waals surface area contributed by atoms with Gasteiger partial charge in [0.2, 0.25) is 5.89 Å². The number of benzene rings is 2. The Morgan fingerprint density at radius 2 is 1.87 bits per heavy atom. The number of aryl methyl sites for hydroxylation is 1. The molecule has 1 heterocycles. The van der Waals surface area contributed by atoms with E-state index in [1.54, 1.807) is 6.07 Å². The Bertz CT molecular complexity index is 1120. The maximum absolute atomic E-state index is 14.0. The first-order valence-corrected chi connectivity index (χ1v) is 8.98. The quantitative estimate of drug-likeness (QED) is 0.544. The molecule has 0 saturated carbocycles. The number of halogens is 4. The van der Waals surface area contributed by atoms with Crippen LogP contribution < -0.4 is 5.32 Å². The molecule has 0 fully saturated rings. The molecule has 3 rings (SSSR count). The maximum atomic E-state index is 14.0. The first kappa shape index (κ1) is 22.0. The number of amides is 1. The van der Waals surface area contributed by atoms with Crippen LogP contribution in [0.2, 0.25) is 0 Å². The topological polar surface area (TPSA) is 92.4 Å². The molecule has 2 aromatic carbocycles. The summed E-state index contributed by atoms with van der Waals surface area (Å²) in [6, 6.07) is 8.35. The highest BCUT2D eigenvalue weighted by atomic mass is 19.4. The van der Waals surface area contributed by atoms with E-state index in [9.17, 15) is 27.2 Å². The number of alkyl halides is 3. The molecule has 0 saturated heterocycles. The number of nitrogens with zero attached hydrogens (tertiary/aromatic N) is 1. The molecule has 0 bridgehead atoms. The van der Waals surface area contributed by atoms with Gasteiger partial charge in [-0.15, -0.1) is 0 Å². The van der Waals surface area contributed by atoms with Crippen LogP contribution in [0, 0.1) is 12.7 Å². The molecule has 0 spiro atoms. The van der Waals surface area contributed by atoms with Gasteiger partial charge < -0.3 is 14.8 Å². The highest BCUT2D eigenvalue weighted by Crippen LogP contribution is 2.31. The van der Waals surface area contributed by atoms with E-state index in [0.29, 0.717) is 0 Å². The standard InChI is InChI=1S/C21H16F4N2O4/c1-11-18(27-20(31-11)14-7-2-3-8-15(14)22)19(30)26-16(10-17(28)29)12-5-4-6-13(9-12)21(23,24)25/h2-9,16H,10H2,1H3,(H,26,30)(H,28,29)/t16-/m0/s1. The van der Waals surface area contributed by atoms with Crippen LogP contribution in [0.25, 0.3) is 11.5 Å². The summed E-state index contributed by atoms with van der Waals surface area (Å²) in [5.41, 5.74) is -1.24. The van der Waals surface area contributed by atoms with Crippen LogP contribution in [0.4, 0.5) is 17.6 Å². The number of carbonyl (C=O) groups excluding carboxylic acids is 1. The molecule has 10 heteroatoms. The lowest BCUT2D eigenvalue weighted by molar-refractivity contribution is -0.138. The van der Waals surface area contributed by atoms with Gasteiger partial charge in [-0.25, -0.2) is 9.37 Å². The summed E-state index contributed by atoms with van der Waals surface area (Å²) >= 11 is 0. The van der Waals surface area contributed by atoms with Gasteiger partial charge in [0.1, 0.15) is 11.6 Å². The van der Waals surface area contributed by atoms with Crippen molar-refractivity contribution in [1.29, 1.82) is 0 Å². The molecule has 1 aromatic heterocycles. The van der Waals surface area contributed by atoms with Crippen molar-refractivity contribution in [3.8, 4) is 11.5 Å². The summed E-state index contributed by atoms with van der Waals surface area (Å²) in [5, 5.41) is 11.5. The Hall–Kier alpha value is -3.69. The van der Waals surface area contributed by atoms with Crippen LogP contribution >= 0.6 is 0 Å². The van der Waals surface area contributed by atoms with Crippen LogP contribution in [-0.2, 0) is 11.0 Å². The van der Waals surface area contributed by atoms with Crippen molar-refractivity contribution in [2.75, 3.05) is 0 Å². The Labute approximate surface area is 173 Å². The number of aliphatic carboxylic acids is 1. The molecule has 3 aromatic rings. The van der Waals surface area contributed by atoms with Crippen molar-refractivity contribution in [3.05, 3.63) is 76.9 Å². The number of carboxylic acid groups (broad SMARTS) is 1. The first-order valence-electron chi connectivity index (χ1n) is 8.98. The largest absolute Gasteiger partial charge is 0.481 e. The third kappa shape index (κ3) is 5.08. The zero-order chi connectivity index (χ0) is 22.8. The zero-order valence-corrected chi connectivity index (χ0v) is 16.0. The first-order chi connectivity index (χ1) is 14.6. The fourth-order valence-corrected chi connectivity index (χ4v) is 2.94. The summed E-state index contributed by atoms with van der Waals surface area (Å²) in [5.74, 6) is -2.94. The third-order valence-electron chi connectivity index (χ3n) is 4.42. The summed E-state index contributed by atoms with van der Waals surface area (Å²) in [6.07, 6.45) is -5.30. The number of aromatic nitrogens is 1. The van der Waals surface area contributed by atoms with Gasteiger partial charge >= 0.3 is 12.1 Å². The summed E-state index contributed by atoms with van der Waals surface area (Å²) < 4.78 is 58.4. The van der Waals surface area contributed by atoms with Gasteiger partial charge in [0.15, 0.2) is 5.69 Å². The molecule has 0 unspecified atom stereocenters. The average molecular weight is 436 g/mol. The van der Waals surface area contributed by atoms with Gasteiger partial charge in [-0.1, -0.05) is 24.3 Å². The highest BCUT2D eigenvalue weighted by molar-refractivity contribution is 5.94. The van der Waals surface area contributed by atoms with Crippen molar-refractivity contribution in [3.63, 3.8) is 0 Å². The monoisotopic (exact) mass is 436 g/mol.